The number of carbonyl (C=O) groups is 4. The lowest BCUT2D eigenvalue weighted by Crippen LogP contribution is -2.59. The SMILES string of the molecule is CCC(C)C(NC(=O)C(Cc1ccccc1)NC(=O)C(NC(=O)C(N)Cc1ccc(O)cc1)C(C)CC)C(=O)O. The first kappa shape index (κ1) is 32.3. The fourth-order valence-electron chi connectivity index (χ4n) is 4.20. The fraction of sp³-hybridized carbons (Fsp3) is 0.467. The number of hydrogen-bond acceptors (Lipinski definition) is 6. The minimum Gasteiger partial charge on any atom is -0.508 e. The van der Waals surface area contributed by atoms with Crippen molar-refractivity contribution in [3.8, 4) is 5.75 Å². The summed E-state index contributed by atoms with van der Waals surface area (Å²) in [4.78, 5) is 51.7. The van der Waals surface area contributed by atoms with Crippen LogP contribution in [0.5, 0.6) is 5.75 Å². The lowest BCUT2D eigenvalue weighted by Gasteiger charge is -2.28. The zero-order valence-corrected chi connectivity index (χ0v) is 23.6. The molecule has 0 aliphatic carbocycles. The lowest BCUT2D eigenvalue weighted by molar-refractivity contribution is -0.143. The molecule has 0 aromatic heterocycles. The van der Waals surface area contributed by atoms with E-state index in [0.717, 1.165) is 11.1 Å². The van der Waals surface area contributed by atoms with Crippen LogP contribution < -0.4 is 21.7 Å². The summed E-state index contributed by atoms with van der Waals surface area (Å²) in [6.07, 6.45) is 1.44. The molecular formula is C30H42N4O6. The van der Waals surface area contributed by atoms with Crippen LogP contribution in [0.15, 0.2) is 54.6 Å². The molecule has 0 saturated carbocycles. The molecule has 0 bridgehead atoms. The predicted molar refractivity (Wildman–Crippen MR) is 152 cm³/mol. The maximum absolute atomic E-state index is 13.5. The molecule has 0 heterocycles. The standard InChI is InChI=1S/C30H42N4O6/c1-5-18(3)25(33-27(36)23(31)16-21-12-14-22(35)15-13-21)29(38)32-24(17-20-10-8-7-9-11-20)28(37)34-26(30(39)40)19(4)6-2/h7-15,18-19,23-26,35H,5-6,16-17,31H2,1-4H3,(H,32,38)(H,33,36)(H,34,37)(H,39,40). The molecule has 2 aromatic rings. The minimum absolute atomic E-state index is 0.100. The minimum atomic E-state index is -1.15. The molecule has 7 N–H and O–H groups in total. The summed E-state index contributed by atoms with van der Waals surface area (Å²) in [5.41, 5.74) is 7.65. The topological polar surface area (TPSA) is 171 Å². The van der Waals surface area contributed by atoms with Crippen LogP contribution in [-0.2, 0) is 32.0 Å². The van der Waals surface area contributed by atoms with Crippen LogP contribution >= 0.6 is 0 Å². The van der Waals surface area contributed by atoms with Crippen molar-refractivity contribution in [3.05, 3.63) is 65.7 Å². The van der Waals surface area contributed by atoms with Gasteiger partial charge in [0.15, 0.2) is 0 Å². The van der Waals surface area contributed by atoms with Crippen molar-refractivity contribution >= 4 is 23.7 Å². The Morgan fingerprint density at radius 2 is 1.25 bits per heavy atom. The molecule has 40 heavy (non-hydrogen) atoms. The van der Waals surface area contributed by atoms with Crippen LogP contribution in [0, 0.1) is 11.8 Å². The van der Waals surface area contributed by atoms with E-state index in [1.165, 1.54) is 12.1 Å². The van der Waals surface area contributed by atoms with Crippen molar-refractivity contribution in [1.82, 2.24) is 16.0 Å². The third-order valence-electron chi connectivity index (χ3n) is 7.21. The maximum atomic E-state index is 13.5. The number of phenolic OH excluding ortho intramolecular Hbond substituents is 1. The maximum Gasteiger partial charge on any atom is 0.326 e. The molecule has 2 rings (SSSR count). The van der Waals surface area contributed by atoms with Gasteiger partial charge in [-0.05, 0) is 41.5 Å². The van der Waals surface area contributed by atoms with Gasteiger partial charge in [0, 0.05) is 6.42 Å². The van der Waals surface area contributed by atoms with Gasteiger partial charge in [0.25, 0.3) is 0 Å². The van der Waals surface area contributed by atoms with E-state index in [4.69, 9.17) is 5.73 Å². The van der Waals surface area contributed by atoms with Crippen molar-refractivity contribution in [2.45, 2.75) is 77.5 Å². The molecule has 6 unspecified atom stereocenters. The number of phenols is 1. The lowest BCUT2D eigenvalue weighted by atomic mass is 9.95. The molecule has 218 valence electrons. The van der Waals surface area contributed by atoms with Crippen molar-refractivity contribution in [2.75, 3.05) is 0 Å². The first-order chi connectivity index (χ1) is 19.0. The summed E-state index contributed by atoms with van der Waals surface area (Å²) in [6.45, 7) is 7.26. The summed E-state index contributed by atoms with van der Waals surface area (Å²) in [5, 5.41) is 27.2. The average molecular weight is 555 g/mol. The van der Waals surface area contributed by atoms with Crippen molar-refractivity contribution < 1.29 is 29.4 Å². The van der Waals surface area contributed by atoms with Crippen LogP contribution in [-0.4, -0.2) is 58.1 Å². The van der Waals surface area contributed by atoms with Crippen molar-refractivity contribution in [2.24, 2.45) is 17.6 Å². The third kappa shape index (κ3) is 9.68. The number of rotatable bonds is 15. The molecular weight excluding hydrogens is 512 g/mol. The molecule has 10 heteroatoms. The van der Waals surface area contributed by atoms with Crippen LogP contribution in [0.1, 0.15) is 51.7 Å². The third-order valence-corrected chi connectivity index (χ3v) is 7.21. The number of hydrogen-bond donors (Lipinski definition) is 6. The van der Waals surface area contributed by atoms with E-state index >= 15 is 0 Å². The Morgan fingerprint density at radius 3 is 1.80 bits per heavy atom. The molecule has 0 fully saturated rings. The largest absolute Gasteiger partial charge is 0.508 e. The van der Waals surface area contributed by atoms with Crippen LogP contribution in [0.25, 0.3) is 0 Å². The van der Waals surface area contributed by atoms with E-state index in [0.29, 0.717) is 12.8 Å². The van der Waals surface area contributed by atoms with Crippen LogP contribution in [0.4, 0.5) is 0 Å². The Labute approximate surface area is 235 Å². The second-order valence-electron chi connectivity index (χ2n) is 10.3. The second kappa shape index (κ2) is 15.6. The van der Waals surface area contributed by atoms with Crippen LogP contribution in [0.2, 0.25) is 0 Å². The van der Waals surface area contributed by atoms with Gasteiger partial charge in [-0.15, -0.1) is 0 Å². The monoisotopic (exact) mass is 554 g/mol. The van der Waals surface area contributed by atoms with E-state index in [2.05, 4.69) is 16.0 Å². The first-order valence-electron chi connectivity index (χ1n) is 13.7. The van der Waals surface area contributed by atoms with Crippen molar-refractivity contribution in [1.29, 1.82) is 0 Å². The highest BCUT2D eigenvalue weighted by atomic mass is 16.4. The van der Waals surface area contributed by atoms with E-state index in [1.807, 2.05) is 51.1 Å². The highest BCUT2D eigenvalue weighted by Gasteiger charge is 2.33. The van der Waals surface area contributed by atoms with Gasteiger partial charge in [-0.2, -0.15) is 0 Å². The summed E-state index contributed by atoms with van der Waals surface area (Å²) >= 11 is 0. The smallest absolute Gasteiger partial charge is 0.326 e. The molecule has 3 amide bonds. The number of carbonyl (C=O) groups excluding carboxylic acids is 3. The predicted octanol–water partition coefficient (Wildman–Crippen LogP) is 2.14. The van der Waals surface area contributed by atoms with Crippen molar-refractivity contribution in [3.63, 3.8) is 0 Å². The Kier molecular flexibility index (Phi) is 12.6. The van der Waals surface area contributed by atoms with Gasteiger partial charge in [-0.25, -0.2) is 4.79 Å². The number of carboxylic acid groups (broad SMARTS) is 1. The number of carboxylic acids is 1. The Hall–Kier alpha value is -3.92. The molecule has 0 aliphatic rings. The Morgan fingerprint density at radius 1 is 0.725 bits per heavy atom. The molecule has 0 radical (unpaired) electrons. The van der Waals surface area contributed by atoms with E-state index < -0.39 is 47.9 Å². The molecule has 6 atom stereocenters. The number of nitrogens with two attached hydrogens (primary N) is 1. The summed E-state index contributed by atoms with van der Waals surface area (Å²) < 4.78 is 0. The Bertz CT molecular complexity index is 1120. The molecule has 0 spiro atoms. The second-order valence-corrected chi connectivity index (χ2v) is 10.3. The zero-order valence-electron chi connectivity index (χ0n) is 23.6. The average Bonchev–Trinajstić information content (AvgIpc) is 2.94. The molecule has 10 nitrogen and oxygen atoms in total. The van der Waals surface area contributed by atoms with E-state index in [-0.39, 0.29) is 30.4 Å². The Balaban J connectivity index is 2.23. The van der Waals surface area contributed by atoms with Gasteiger partial charge in [-0.1, -0.05) is 83.0 Å². The van der Waals surface area contributed by atoms with Gasteiger partial charge in [0.2, 0.25) is 17.7 Å². The van der Waals surface area contributed by atoms with Gasteiger partial charge < -0.3 is 31.9 Å². The fourth-order valence-corrected chi connectivity index (χ4v) is 4.20. The number of nitrogens with one attached hydrogen (secondary N) is 3. The zero-order chi connectivity index (χ0) is 29.8. The number of benzene rings is 2. The molecule has 0 aliphatic heterocycles. The van der Waals surface area contributed by atoms with E-state index in [9.17, 15) is 29.4 Å². The summed E-state index contributed by atoms with van der Waals surface area (Å²) in [5.74, 6) is -3.37. The van der Waals surface area contributed by atoms with Crippen LogP contribution in [0.3, 0.4) is 0 Å². The van der Waals surface area contributed by atoms with Gasteiger partial charge in [-0.3, -0.25) is 14.4 Å². The number of amides is 3. The normalized spacial score (nSPS) is 15.5. The highest BCUT2D eigenvalue weighted by Crippen LogP contribution is 2.14. The van der Waals surface area contributed by atoms with Gasteiger partial charge >= 0.3 is 5.97 Å². The number of aliphatic carboxylic acids is 1. The summed E-state index contributed by atoms with van der Waals surface area (Å²) in [7, 11) is 0. The molecule has 2 aromatic carbocycles. The molecule has 0 saturated heterocycles. The number of aromatic hydroxyl groups is 1. The van der Waals surface area contributed by atoms with Gasteiger partial charge in [0.05, 0.1) is 6.04 Å². The summed E-state index contributed by atoms with van der Waals surface area (Å²) in [6, 6.07) is 11.3. The highest BCUT2D eigenvalue weighted by molar-refractivity contribution is 5.94. The van der Waals surface area contributed by atoms with Gasteiger partial charge in [0.1, 0.15) is 23.9 Å². The first-order valence-corrected chi connectivity index (χ1v) is 13.7. The van der Waals surface area contributed by atoms with E-state index in [1.54, 1.807) is 19.1 Å². The quantitative estimate of drug-likeness (QED) is 0.196.